The number of carbonyl (C=O) groups excluding carboxylic acids is 1. The van der Waals surface area contributed by atoms with Gasteiger partial charge in [0.25, 0.3) is 5.91 Å². The molecule has 1 aliphatic heterocycles. The molecule has 5 rings (SSSR count). The number of benzene rings is 1. The molecule has 0 radical (unpaired) electrons. The zero-order chi connectivity index (χ0) is 25.8. The number of H-pyrrole nitrogens is 1. The number of hydrogen-bond donors (Lipinski definition) is 3. The van der Waals surface area contributed by atoms with Crippen LogP contribution in [0.25, 0.3) is 20.7 Å². The minimum atomic E-state index is -0.648. The number of piperidine rings is 1. The number of nitrogens with zero attached hydrogens (tertiary/aromatic N) is 6. The number of aromatic nitrogens is 3. The summed E-state index contributed by atoms with van der Waals surface area (Å²) < 4.78 is 20.5. The van der Waals surface area contributed by atoms with Gasteiger partial charge in [0.15, 0.2) is 0 Å². The number of aromatic amines is 1. The average Bonchev–Trinajstić information content (AvgIpc) is 3.54. The number of likely N-dealkylation sites (tertiary alicyclic amines) is 1. The van der Waals surface area contributed by atoms with Gasteiger partial charge in [-0.3, -0.25) is 9.69 Å². The van der Waals surface area contributed by atoms with Crippen LogP contribution < -0.4 is 15.8 Å². The lowest BCUT2D eigenvalue weighted by atomic mass is 10.1. The fraction of sp³-hybridized carbons (Fsp3) is 0.292. The Labute approximate surface area is 215 Å². The first-order valence-electron chi connectivity index (χ1n) is 11.7. The SMILES string of the molecule is [N-]=[N+]=NCc1c(C(N)=O)sc2ncnc(Nc3ccc(F)cc3OC3CCN(Cc4ccc[nH]4)CC3)c12. The lowest BCUT2D eigenvalue weighted by Crippen LogP contribution is -2.37. The van der Waals surface area contributed by atoms with Crippen molar-refractivity contribution >= 4 is 39.0 Å². The van der Waals surface area contributed by atoms with E-state index < -0.39 is 11.7 Å². The summed E-state index contributed by atoms with van der Waals surface area (Å²) in [5, 5.41) is 7.33. The molecule has 1 amide bonds. The smallest absolute Gasteiger partial charge is 0.259 e. The average molecular weight is 522 g/mol. The van der Waals surface area contributed by atoms with E-state index in [1.165, 1.54) is 24.2 Å². The van der Waals surface area contributed by atoms with Crippen molar-refractivity contribution in [1.29, 1.82) is 0 Å². The number of amides is 1. The molecule has 0 unspecified atom stereocenters. The molecule has 1 aromatic carbocycles. The Morgan fingerprint density at radius 2 is 2.19 bits per heavy atom. The Morgan fingerprint density at radius 1 is 1.35 bits per heavy atom. The number of ether oxygens (including phenoxy) is 1. The summed E-state index contributed by atoms with van der Waals surface area (Å²) in [6.07, 6.45) is 4.80. The number of fused-ring (bicyclic) bond motifs is 1. The topological polar surface area (TPSA) is 158 Å². The lowest BCUT2D eigenvalue weighted by Gasteiger charge is -2.32. The van der Waals surface area contributed by atoms with E-state index >= 15 is 0 Å². The first kappa shape index (κ1) is 24.5. The van der Waals surface area contributed by atoms with Crippen molar-refractivity contribution in [2.45, 2.75) is 32.0 Å². The summed E-state index contributed by atoms with van der Waals surface area (Å²) in [5.41, 5.74) is 16.5. The molecular formula is C24H24FN9O2S. The van der Waals surface area contributed by atoms with Crippen LogP contribution in [0.3, 0.4) is 0 Å². The molecule has 1 aliphatic rings. The number of anilines is 2. The van der Waals surface area contributed by atoms with Gasteiger partial charge in [0.1, 0.15) is 34.6 Å². The Morgan fingerprint density at radius 3 is 2.92 bits per heavy atom. The fourth-order valence-corrected chi connectivity index (χ4v) is 5.44. The van der Waals surface area contributed by atoms with Gasteiger partial charge in [0.05, 0.1) is 22.5 Å². The Kier molecular flexibility index (Phi) is 7.17. The number of primary amides is 1. The number of hydrogen-bond acceptors (Lipinski definition) is 8. The van der Waals surface area contributed by atoms with Gasteiger partial charge in [0, 0.05) is 42.5 Å². The predicted molar refractivity (Wildman–Crippen MR) is 138 cm³/mol. The molecule has 11 nitrogen and oxygen atoms in total. The molecule has 1 fully saturated rings. The van der Waals surface area contributed by atoms with Crippen molar-refractivity contribution in [3.8, 4) is 5.75 Å². The minimum Gasteiger partial charge on any atom is -0.488 e. The lowest BCUT2D eigenvalue weighted by molar-refractivity contribution is 0.0965. The molecule has 4 N–H and O–H groups in total. The van der Waals surface area contributed by atoms with Crippen molar-refractivity contribution in [3.63, 3.8) is 0 Å². The van der Waals surface area contributed by atoms with Crippen LogP contribution in [-0.4, -0.2) is 45.0 Å². The molecule has 4 heterocycles. The highest BCUT2D eigenvalue weighted by Gasteiger charge is 2.24. The van der Waals surface area contributed by atoms with Crippen LogP contribution in [0.5, 0.6) is 5.75 Å². The normalized spacial score (nSPS) is 14.4. The molecule has 3 aromatic heterocycles. The van der Waals surface area contributed by atoms with Gasteiger partial charge in [-0.2, -0.15) is 0 Å². The Hall–Kier alpha value is -4.19. The van der Waals surface area contributed by atoms with Crippen LogP contribution in [0.2, 0.25) is 0 Å². The highest BCUT2D eigenvalue weighted by Crippen LogP contribution is 2.37. The number of nitrogens with one attached hydrogen (secondary N) is 2. The number of rotatable bonds is 9. The molecule has 0 aliphatic carbocycles. The van der Waals surface area contributed by atoms with Gasteiger partial charge in [0.2, 0.25) is 0 Å². The zero-order valence-electron chi connectivity index (χ0n) is 19.7. The number of nitrogens with two attached hydrogens (primary N) is 1. The first-order valence-corrected chi connectivity index (χ1v) is 12.5. The number of halogens is 1. The Bertz CT molecular complexity index is 1460. The van der Waals surface area contributed by atoms with Crippen LogP contribution in [0.4, 0.5) is 15.9 Å². The molecule has 0 spiro atoms. The third kappa shape index (κ3) is 5.48. The van der Waals surface area contributed by atoms with E-state index in [1.807, 2.05) is 12.3 Å². The Balaban J connectivity index is 1.38. The van der Waals surface area contributed by atoms with Crippen LogP contribution in [0.15, 0.2) is 48.0 Å². The van der Waals surface area contributed by atoms with Gasteiger partial charge in [-0.1, -0.05) is 5.11 Å². The van der Waals surface area contributed by atoms with Gasteiger partial charge in [-0.05, 0) is 48.2 Å². The van der Waals surface area contributed by atoms with Crippen molar-refractivity contribution in [2.24, 2.45) is 10.8 Å². The number of thiophene rings is 1. The summed E-state index contributed by atoms with van der Waals surface area (Å²) in [5.74, 6) is -0.343. The van der Waals surface area contributed by atoms with Crippen molar-refractivity contribution < 1.29 is 13.9 Å². The molecule has 0 atom stereocenters. The van der Waals surface area contributed by atoms with Crippen LogP contribution in [-0.2, 0) is 13.1 Å². The van der Waals surface area contributed by atoms with E-state index in [1.54, 1.807) is 6.07 Å². The maximum Gasteiger partial charge on any atom is 0.259 e. The van der Waals surface area contributed by atoms with E-state index in [-0.39, 0.29) is 17.5 Å². The maximum atomic E-state index is 14.2. The zero-order valence-corrected chi connectivity index (χ0v) is 20.5. The maximum absolute atomic E-state index is 14.2. The summed E-state index contributed by atoms with van der Waals surface area (Å²) >= 11 is 1.10. The molecule has 190 valence electrons. The van der Waals surface area contributed by atoms with Gasteiger partial charge >= 0.3 is 0 Å². The highest BCUT2D eigenvalue weighted by atomic mass is 32.1. The summed E-state index contributed by atoms with van der Waals surface area (Å²) in [4.78, 5) is 29.7. The second kappa shape index (κ2) is 10.8. The van der Waals surface area contributed by atoms with Gasteiger partial charge in [-0.15, -0.1) is 11.3 Å². The van der Waals surface area contributed by atoms with E-state index in [0.29, 0.717) is 33.0 Å². The van der Waals surface area contributed by atoms with Crippen molar-refractivity contribution in [2.75, 3.05) is 18.4 Å². The molecule has 13 heteroatoms. The molecular weight excluding hydrogens is 497 g/mol. The first-order chi connectivity index (χ1) is 18.0. The van der Waals surface area contributed by atoms with Crippen LogP contribution in [0.1, 0.15) is 33.8 Å². The molecule has 1 saturated heterocycles. The summed E-state index contributed by atoms with van der Waals surface area (Å²) in [7, 11) is 0. The summed E-state index contributed by atoms with van der Waals surface area (Å²) in [6, 6.07) is 8.30. The largest absolute Gasteiger partial charge is 0.488 e. The third-order valence-corrected chi connectivity index (χ3v) is 7.34. The monoisotopic (exact) mass is 521 g/mol. The fourth-order valence-electron chi connectivity index (χ4n) is 4.43. The van der Waals surface area contributed by atoms with Crippen LogP contribution in [0, 0.1) is 5.82 Å². The van der Waals surface area contributed by atoms with E-state index in [4.69, 9.17) is 16.0 Å². The quantitative estimate of drug-likeness (QED) is 0.162. The number of carbonyl (C=O) groups is 1. The van der Waals surface area contributed by atoms with Gasteiger partial charge in [-0.25, -0.2) is 14.4 Å². The second-order valence-corrected chi connectivity index (χ2v) is 9.62. The van der Waals surface area contributed by atoms with E-state index in [9.17, 15) is 9.18 Å². The molecule has 0 saturated carbocycles. The third-order valence-electron chi connectivity index (χ3n) is 6.18. The second-order valence-electron chi connectivity index (χ2n) is 8.62. The van der Waals surface area contributed by atoms with E-state index in [0.717, 1.165) is 43.8 Å². The molecule has 4 aromatic rings. The number of azide groups is 1. The molecule has 37 heavy (non-hydrogen) atoms. The highest BCUT2D eigenvalue weighted by molar-refractivity contribution is 7.20. The van der Waals surface area contributed by atoms with Crippen molar-refractivity contribution in [3.05, 3.63) is 75.3 Å². The standard InChI is InChI=1S/C24H24FN9O2S/c25-14-3-4-18(19(10-14)36-16-5-8-34(9-6-16)12-15-2-1-7-28-15)32-23-20-17(11-31-33-27)21(22(26)35)37-24(20)30-13-29-23/h1-4,7,10,13,16,28H,5-6,8-9,11-12H2,(H2,26,35)(H,29,30,32). The van der Waals surface area contributed by atoms with Gasteiger partial charge < -0.3 is 20.8 Å². The molecule has 0 bridgehead atoms. The minimum absolute atomic E-state index is 0.0733. The van der Waals surface area contributed by atoms with E-state index in [2.05, 4.69) is 41.3 Å². The van der Waals surface area contributed by atoms with Crippen molar-refractivity contribution in [1.82, 2.24) is 19.9 Å². The van der Waals surface area contributed by atoms with Crippen LogP contribution >= 0.6 is 11.3 Å². The summed E-state index contributed by atoms with van der Waals surface area (Å²) in [6.45, 7) is 2.48. The predicted octanol–water partition coefficient (Wildman–Crippen LogP) is 4.85.